The van der Waals surface area contributed by atoms with Crippen LogP contribution in [0, 0.1) is 13.8 Å². The zero-order chi connectivity index (χ0) is 19.8. The highest BCUT2D eigenvalue weighted by Gasteiger charge is 2.09. The third-order valence-electron chi connectivity index (χ3n) is 3.56. The molecule has 0 bridgehead atoms. The van der Waals surface area contributed by atoms with Crippen molar-refractivity contribution in [3.63, 3.8) is 0 Å². The average molecular weight is 378 g/mol. The lowest BCUT2D eigenvalue weighted by Crippen LogP contribution is -2.44. The molecule has 0 spiro atoms. The Morgan fingerprint density at radius 2 is 1.67 bits per heavy atom. The number of ether oxygens (including phenoxy) is 2. The van der Waals surface area contributed by atoms with E-state index in [-0.39, 0.29) is 18.8 Å². The molecule has 144 valence electrons. The van der Waals surface area contributed by atoms with Gasteiger partial charge in [-0.2, -0.15) is 8.78 Å². The predicted octanol–water partition coefficient (Wildman–Crippen LogP) is 2.67. The maximum absolute atomic E-state index is 12.1. The molecule has 0 saturated heterocycles. The largest absolute Gasteiger partial charge is 0.483 e. The first-order valence-electron chi connectivity index (χ1n) is 8.15. The van der Waals surface area contributed by atoms with E-state index in [9.17, 15) is 18.4 Å². The molecule has 0 aromatic heterocycles. The van der Waals surface area contributed by atoms with E-state index in [0.29, 0.717) is 11.3 Å². The average Bonchev–Trinajstić information content (AvgIpc) is 2.62. The highest BCUT2D eigenvalue weighted by molar-refractivity contribution is 5.83. The van der Waals surface area contributed by atoms with Crippen molar-refractivity contribution in [2.24, 2.45) is 0 Å². The SMILES string of the molecule is Cc1ccc(C)c(OCC(=O)NNC(=O)Cc2ccc(OC(F)F)cc2)c1. The number of hydrazine groups is 1. The number of carbonyl (C=O) groups excluding carboxylic acids is 2. The van der Waals surface area contributed by atoms with Crippen molar-refractivity contribution >= 4 is 11.8 Å². The zero-order valence-electron chi connectivity index (χ0n) is 14.9. The van der Waals surface area contributed by atoms with Crippen LogP contribution in [0.15, 0.2) is 42.5 Å². The summed E-state index contributed by atoms with van der Waals surface area (Å²) in [6.45, 7) is 0.634. The quantitative estimate of drug-likeness (QED) is 0.727. The molecule has 2 aromatic rings. The minimum Gasteiger partial charge on any atom is -0.483 e. The van der Waals surface area contributed by atoms with E-state index in [1.165, 1.54) is 24.3 Å². The predicted molar refractivity (Wildman–Crippen MR) is 94.5 cm³/mol. The summed E-state index contributed by atoms with van der Waals surface area (Å²) in [6, 6.07) is 11.3. The molecular weight excluding hydrogens is 358 g/mol. The molecule has 0 aliphatic carbocycles. The van der Waals surface area contributed by atoms with E-state index in [1.54, 1.807) is 0 Å². The number of halogens is 2. The topological polar surface area (TPSA) is 76.7 Å². The number of rotatable bonds is 7. The van der Waals surface area contributed by atoms with E-state index in [1.807, 2.05) is 32.0 Å². The molecule has 2 N–H and O–H groups in total. The summed E-state index contributed by atoms with van der Waals surface area (Å²) in [4.78, 5) is 23.6. The van der Waals surface area contributed by atoms with Gasteiger partial charge in [-0.1, -0.05) is 24.3 Å². The van der Waals surface area contributed by atoms with Crippen molar-refractivity contribution in [3.8, 4) is 11.5 Å². The van der Waals surface area contributed by atoms with Gasteiger partial charge in [0.25, 0.3) is 5.91 Å². The van der Waals surface area contributed by atoms with Gasteiger partial charge in [-0.05, 0) is 48.7 Å². The highest BCUT2D eigenvalue weighted by atomic mass is 19.3. The fraction of sp³-hybridized carbons (Fsp3) is 0.263. The first-order chi connectivity index (χ1) is 12.8. The number of alkyl halides is 2. The molecule has 0 atom stereocenters. The molecule has 8 heteroatoms. The Hall–Kier alpha value is -3.16. The summed E-state index contributed by atoms with van der Waals surface area (Å²) < 4.78 is 33.8. The van der Waals surface area contributed by atoms with Gasteiger partial charge in [-0.3, -0.25) is 20.4 Å². The van der Waals surface area contributed by atoms with Gasteiger partial charge >= 0.3 is 6.61 Å². The van der Waals surface area contributed by atoms with Gasteiger partial charge in [-0.25, -0.2) is 0 Å². The fourth-order valence-corrected chi connectivity index (χ4v) is 2.20. The van der Waals surface area contributed by atoms with Crippen molar-refractivity contribution in [1.82, 2.24) is 10.9 Å². The number of hydrogen-bond donors (Lipinski definition) is 2. The molecule has 0 aliphatic heterocycles. The molecule has 0 saturated carbocycles. The van der Waals surface area contributed by atoms with Crippen molar-refractivity contribution < 1.29 is 27.8 Å². The van der Waals surface area contributed by atoms with Gasteiger partial charge in [-0.15, -0.1) is 0 Å². The van der Waals surface area contributed by atoms with Crippen LogP contribution in [-0.4, -0.2) is 25.0 Å². The number of benzene rings is 2. The van der Waals surface area contributed by atoms with Gasteiger partial charge in [0.15, 0.2) is 6.61 Å². The van der Waals surface area contributed by atoms with Crippen LogP contribution in [0.2, 0.25) is 0 Å². The number of aryl methyl sites for hydroxylation is 2. The van der Waals surface area contributed by atoms with E-state index in [2.05, 4.69) is 15.6 Å². The standard InChI is InChI=1S/C19H20F2N2O4/c1-12-3-4-13(2)16(9-12)26-11-18(25)23-22-17(24)10-14-5-7-15(8-6-14)27-19(20)21/h3-9,19H,10-11H2,1-2H3,(H,22,24)(H,23,25). The molecule has 0 unspecified atom stereocenters. The minimum atomic E-state index is -2.90. The molecule has 27 heavy (non-hydrogen) atoms. The van der Waals surface area contributed by atoms with Gasteiger partial charge in [0, 0.05) is 0 Å². The first-order valence-corrected chi connectivity index (χ1v) is 8.15. The van der Waals surface area contributed by atoms with E-state index >= 15 is 0 Å². The normalized spacial score (nSPS) is 10.4. The van der Waals surface area contributed by atoms with Gasteiger partial charge in [0.2, 0.25) is 5.91 Å². The lowest BCUT2D eigenvalue weighted by atomic mass is 10.1. The van der Waals surface area contributed by atoms with Crippen LogP contribution in [0.5, 0.6) is 11.5 Å². The summed E-state index contributed by atoms with van der Waals surface area (Å²) in [5.74, 6) is -0.365. The van der Waals surface area contributed by atoms with Crippen LogP contribution in [-0.2, 0) is 16.0 Å². The molecule has 0 heterocycles. The van der Waals surface area contributed by atoms with Crippen LogP contribution < -0.4 is 20.3 Å². The van der Waals surface area contributed by atoms with Crippen LogP contribution >= 0.6 is 0 Å². The second-order valence-corrected chi connectivity index (χ2v) is 5.85. The first kappa shape index (κ1) is 20.2. The Bertz CT molecular complexity index is 795. The van der Waals surface area contributed by atoms with Crippen molar-refractivity contribution in [2.45, 2.75) is 26.9 Å². The maximum Gasteiger partial charge on any atom is 0.387 e. The van der Waals surface area contributed by atoms with Crippen molar-refractivity contribution in [2.75, 3.05) is 6.61 Å². The monoisotopic (exact) mass is 378 g/mol. The second-order valence-electron chi connectivity index (χ2n) is 5.85. The van der Waals surface area contributed by atoms with Crippen LogP contribution in [0.3, 0.4) is 0 Å². The van der Waals surface area contributed by atoms with Crippen LogP contribution in [0.25, 0.3) is 0 Å². The molecular formula is C19H20F2N2O4. The summed E-state index contributed by atoms with van der Waals surface area (Å²) in [5, 5.41) is 0. The molecule has 2 rings (SSSR count). The Kier molecular flexibility index (Phi) is 7.10. The molecule has 0 aliphatic rings. The summed E-state index contributed by atoms with van der Waals surface area (Å²) >= 11 is 0. The third-order valence-corrected chi connectivity index (χ3v) is 3.56. The second kappa shape index (κ2) is 9.51. The highest BCUT2D eigenvalue weighted by Crippen LogP contribution is 2.18. The van der Waals surface area contributed by atoms with Crippen molar-refractivity contribution in [1.29, 1.82) is 0 Å². The number of amides is 2. The van der Waals surface area contributed by atoms with Gasteiger partial charge in [0.05, 0.1) is 6.42 Å². The third kappa shape index (κ3) is 6.93. The lowest BCUT2D eigenvalue weighted by Gasteiger charge is -2.11. The fourth-order valence-electron chi connectivity index (χ4n) is 2.20. The summed E-state index contributed by atoms with van der Waals surface area (Å²) in [7, 11) is 0. The Balaban J connectivity index is 1.74. The molecule has 2 aromatic carbocycles. The van der Waals surface area contributed by atoms with E-state index in [4.69, 9.17) is 4.74 Å². The minimum absolute atomic E-state index is 0.00560. The molecule has 0 radical (unpaired) electrons. The van der Waals surface area contributed by atoms with Gasteiger partial charge in [0.1, 0.15) is 11.5 Å². The lowest BCUT2D eigenvalue weighted by molar-refractivity contribution is -0.129. The Morgan fingerprint density at radius 3 is 2.33 bits per heavy atom. The Morgan fingerprint density at radius 1 is 1.00 bits per heavy atom. The number of nitrogens with one attached hydrogen (secondary N) is 2. The van der Waals surface area contributed by atoms with Gasteiger partial charge < -0.3 is 9.47 Å². The number of carbonyl (C=O) groups is 2. The number of hydrogen-bond acceptors (Lipinski definition) is 4. The van der Waals surface area contributed by atoms with Crippen molar-refractivity contribution in [3.05, 3.63) is 59.2 Å². The van der Waals surface area contributed by atoms with Crippen LogP contribution in [0.4, 0.5) is 8.78 Å². The zero-order valence-corrected chi connectivity index (χ0v) is 14.9. The molecule has 6 nitrogen and oxygen atoms in total. The Labute approximate surface area is 155 Å². The van der Waals surface area contributed by atoms with Crippen LogP contribution in [0.1, 0.15) is 16.7 Å². The maximum atomic E-state index is 12.1. The summed E-state index contributed by atoms with van der Waals surface area (Å²) in [6.07, 6.45) is -0.0346. The molecule has 0 fully saturated rings. The molecule has 2 amide bonds. The van der Waals surface area contributed by atoms with E-state index < -0.39 is 18.4 Å². The van der Waals surface area contributed by atoms with E-state index in [0.717, 1.165) is 11.1 Å². The summed E-state index contributed by atoms with van der Waals surface area (Å²) in [5.41, 5.74) is 7.01. The smallest absolute Gasteiger partial charge is 0.387 e.